The highest BCUT2D eigenvalue weighted by Crippen LogP contribution is 2.01. The normalized spacial score (nSPS) is 14.0. The quantitative estimate of drug-likeness (QED) is 0.635. The third kappa shape index (κ3) is 7.29. The highest BCUT2D eigenvalue weighted by Gasteiger charge is 2.13. The van der Waals surface area contributed by atoms with Crippen LogP contribution < -0.4 is 10.6 Å². The fourth-order valence-corrected chi connectivity index (χ4v) is 1.82. The Kier molecular flexibility index (Phi) is 8.25. The van der Waals surface area contributed by atoms with Crippen LogP contribution >= 0.6 is 11.8 Å². The van der Waals surface area contributed by atoms with Crippen LogP contribution in [0, 0.1) is 12.3 Å². The van der Waals surface area contributed by atoms with E-state index in [1.165, 1.54) is 0 Å². The van der Waals surface area contributed by atoms with Crippen molar-refractivity contribution in [2.45, 2.75) is 32.9 Å². The number of thioether (sulfide) groups is 1. The molecule has 0 saturated heterocycles. The molecule has 0 radical (unpaired) electrons. The lowest BCUT2D eigenvalue weighted by molar-refractivity contribution is -0.122. The molecule has 0 aliphatic carbocycles. The molecule has 2 N–H and O–H groups in total. The number of carbonyl (C=O) groups is 1. The minimum Gasteiger partial charge on any atom is -0.344 e. The molecule has 0 rings (SSSR count). The van der Waals surface area contributed by atoms with Gasteiger partial charge in [-0.15, -0.1) is 6.42 Å². The van der Waals surface area contributed by atoms with Crippen LogP contribution in [0.15, 0.2) is 0 Å². The maximum absolute atomic E-state index is 11.4. The van der Waals surface area contributed by atoms with E-state index in [4.69, 9.17) is 6.42 Å². The Morgan fingerprint density at radius 3 is 2.73 bits per heavy atom. The van der Waals surface area contributed by atoms with E-state index in [-0.39, 0.29) is 11.9 Å². The van der Waals surface area contributed by atoms with Crippen LogP contribution in [0.2, 0.25) is 0 Å². The van der Waals surface area contributed by atoms with Gasteiger partial charge in [-0.2, -0.15) is 11.8 Å². The Morgan fingerprint density at radius 2 is 2.20 bits per heavy atom. The fourth-order valence-electron chi connectivity index (χ4n) is 1.14. The number of hydrogen-bond acceptors (Lipinski definition) is 3. The molecule has 0 fully saturated rings. The predicted octanol–water partition coefficient (Wildman–Crippen LogP) is 0.855. The van der Waals surface area contributed by atoms with E-state index >= 15 is 0 Å². The molecule has 0 bridgehead atoms. The van der Waals surface area contributed by atoms with Gasteiger partial charge in [0.2, 0.25) is 5.91 Å². The van der Waals surface area contributed by atoms with Crippen molar-refractivity contribution in [3.8, 4) is 12.3 Å². The summed E-state index contributed by atoms with van der Waals surface area (Å²) in [6.45, 7) is 6.34. The van der Waals surface area contributed by atoms with Crippen LogP contribution in [0.4, 0.5) is 0 Å². The molecule has 0 spiro atoms. The summed E-state index contributed by atoms with van der Waals surface area (Å²) in [5, 5.41) is 5.87. The molecule has 0 saturated carbocycles. The summed E-state index contributed by atoms with van der Waals surface area (Å²) >= 11 is 1.86. The van der Waals surface area contributed by atoms with Crippen LogP contribution in [-0.2, 0) is 4.79 Å². The highest BCUT2D eigenvalue weighted by molar-refractivity contribution is 7.99. The molecule has 86 valence electrons. The van der Waals surface area contributed by atoms with E-state index in [0.29, 0.717) is 12.6 Å². The van der Waals surface area contributed by atoms with Crippen molar-refractivity contribution in [2.24, 2.45) is 0 Å². The molecule has 4 heteroatoms. The zero-order chi connectivity index (χ0) is 11.7. The Balaban J connectivity index is 3.75. The molecular formula is C11H20N2OS. The van der Waals surface area contributed by atoms with Gasteiger partial charge in [-0.3, -0.25) is 4.79 Å². The summed E-state index contributed by atoms with van der Waals surface area (Å²) in [5.74, 6) is 4.45. The Bertz CT molecular complexity index is 225. The lowest BCUT2D eigenvalue weighted by Crippen LogP contribution is -2.46. The first-order chi connectivity index (χ1) is 7.11. The van der Waals surface area contributed by atoms with Crippen molar-refractivity contribution in [1.82, 2.24) is 10.6 Å². The van der Waals surface area contributed by atoms with Gasteiger partial charge in [0.1, 0.15) is 0 Å². The number of hydrogen-bond donors (Lipinski definition) is 2. The number of amides is 1. The van der Waals surface area contributed by atoms with E-state index in [1.54, 1.807) is 0 Å². The minimum atomic E-state index is -0.189. The Hall–Kier alpha value is -0.660. The molecule has 3 nitrogen and oxygen atoms in total. The van der Waals surface area contributed by atoms with Crippen LogP contribution in [0.25, 0.3) is 0 Å². The van der Waals surface area contributed by atoms with Gasteiger partial charge in [0.05, 0.1) is 12.6 Å². The highest BCUT2D eigenvalue weighted by atomic mass is 32.2. The average Bonchev–Trinajstić information content (AvgIpc) is 2.22. The molecular weight excluding hydrogens is 208 g/mol. The van der Waals surface area contributed by atoms with Crippen LogP contribution in [-0.4, -0.2) is 36.0 Å². The van der Waals surface area contributed by atoms with Crippen molar-refractivity contribution in [3.05, 3.63) is 0 Å². The first-order valence-corrected chi connectivity index (χ1v) is 6.32. The van der Waals surface area contributed by atoms with Crippen molar-refractivity contribution >= 4 is 17.7 Å². The summed E-state index contributed by atoms with van der Waals surface area (Å²) in [6, 6.07) is 0.146. The summed E-state index contributed by atoms with van der Waals surface area (Å²) in [5.41, 5.74) is 0. The van der Waals surface area contributed by atoms with E-state index in [0.717, 1.165) is 11.5 Å². The standard InChI is InChI=1S/C11H20N2OS/c1-5-7-12-11(14)10(4)13-9(3)8-15-6-2/h1,9-10,13H,6-8H2,2-4H3,(H,12,14). The second-order valence-electron chi connectivity index (χ2n) is 3.37. The summed E-state index contributed by atoms with van der Waals surface area (Å²) in [6.07, 6.45) is 5.06. The van der Waals surface area contributed by atoms with Gasteiger partial charge in [0, 0.05) is 11.8 Å². The van der Waals surface area contributed by atoms with E-state index in [1.807, 2.05) is 18.7 Å². The topological polar surface area (TPSA) is 41.1 Å². The van der Waals surface area contributed by atoms with Gasteiger partial charge in [-0.25, -0.2) is 0 Å². The number of terminal acetylenes is 1. The monoisotopic (exact) mass is 228 g/mol. The zero-order valence-corrected chi connectivity index (χ0v) is 10.5. The number of nitrogens with one attached hydrogen (secondary N) is 2. The first-order valence-electron chi connectivity index (χ1n) is 5.16. The maximum Gasteiger partial charge on any atom is 0.237 e. The third-order valence-electron chi connectivity index (χ3n) is 1.86. The van der Waals surface area contributed by atoms with E-state index in [9.17, 15) is 4.79 Å². The van der Waals surface area contributed by atoms with Crippen LogP contribution in [0.5, 0.6) is 0 Å². The van der Waals surface area contributed by atoms with Gasteiger partial charge in [0.25, 0.3) is 0 Å². The predicted molar refractivity (Wildman–Crippen MR) is 66.9 cm³/mol. The molecule has 0 aromatic heterocycles. The molecule has 1 amide bonds. The SMILES string of the molecule is C#CCNC(=O)C(C)NC(C)CSCC. The van der Waals surface area contributed by atoms with Gasteiger partial charge in [-0.05, 0) is 19.6 Å². The van der Waals surface area contributed by atoms with Gasteiger partial charge in [0.15, 0.2) is 0 Å². The smallest absolute Gasteiger partial charge is 0.237 e. The van der Waals surface area contributed by atoms with Gasteiger partial charge >= 0.3 is 0 Å². The van der Waals surface area contributed by atoms with Crippen molar-refractivity contribution in [3.63, 3.8) is 0 Å². The van der Waals surface area contributed by atoms with Gasteiger partial charge < -0.3 is 10.6 Å². The molecule has 2 atom stereocenters. The second kappa shape index (κ2) is 8.63. The van der Waals surface area contributed by atoms with Crippen LogP contribution in [0.1, 0.15) is 20.8 Å². The number of rotatable bonds is 7. The second-order valence-corrected chi connectivity index (χ2v) is 4.69. The van der Waals surface area contributed by atoms with Crippen molar-refractivity contribution in [1.29, 1.82) is 0 Å². The Labute approximate surface area is 96.8 Å². The molecule has 0 aromatic rings. The average molecular weight is 228 g/mol. The molecule has 2 unspecified atom stereocenters. The minimum absolute atomic E-state index is 0.0405. The Morgan fingerprint density at radius 1 is 1.53 bits per heavy atom. The fraction of sp³-hybridized carbons (Fsp3) is 0.727. The first kappa shape index (κ1) is 14.3. The molecule has 15 heavy (non-hydrogen) atoms. The van der Waals surface area contributed by atoms with Crippen LogP contribution in [0.3, 0.4) is 0 Å². The molecule has 0 heterocycles. The number of carbonyl (C=O) groups excluding carboxylic acids is 1. The summed E-state index contributed by atoms with van der Waals surface area (Å²) < 4.78 is 0. The summed E-state index contributed by atoms with van der Waals surface area (Å²) in [7, 11) is 0. The van der Waals surface area contributed by atoms with E-state index < -0.39 is 0 Å². The summed E-state index contributed by atoms with van der Waals surface area (Å²) in [4.78, 5) is 11.4. The largest absolute Gasteiger partial charge is 0.344 e. The molecule has 0 aliphatic rings. The third-order valence-corrected chi connectivity index (χ3v) is 3.01. The maximum atomic E-state index is 11.4. The molecule has 0 aliphatic heterocycles. The lowest BCUT2D eigenvalue weighted by Gasteiger charge is -2.18. The molecule has 0 aromatic carbocycles. The van der Waals surface area contributed by atoms with E-state index in [2.05, 4.69) is 30.4 Å². The van der Waals surface area contributed by atoms with Crippen molar-refractivity contribution in [2.75, 3.05) is 18.1 Å². The van der Waals surface area contributed by atoms with Gasteiger partial charge in [-0.1, -0.05) is 12.8 Å². The van der Waals surface area contributed by atoms with Crippen molar-refractivity contribution < 1.29 is 4.79 Å². The lowest BCUT2D eigenvalue weighted by atomic mass is 10.2. The zero-order valence-electron chi connectivity index (χ0n) is 9.67.